The first-order valence-electron chi connectivity index (χ1n) is 20.0. The minimum Gasteiger partial charge on any atom is -0.300 e. The van der Waals surface area contributed by atoms with E-state index in [1.54, 1.807) is 29.5 Å². The van der Waals surface area contributed by atoms with Crippen molar-refractivity contribution in [2.24, 2.45) is 0 Å². The van der Waals surface area contributed by atoms with E-state index < -0.39 is 19.1 Å². The Kier molecular flexibility index (Phi) is 4.78. The average Bonchev–Trinajstić information content (AvgIpc) is 3.75. The standard InChI is InChI=1S/C47H31N3S/c1-47(2)37-21-11-20-36-42-35-18-6-8-23-41(35)51-46(42)50(44(36)37)40-25-24-31(27-38(40)47)45-48-39-22-7-5-17-34(39)43(49-45)30-15-9-14-29(26-30)33-19-10-13-28-12-3-4-16-32(28)33/h3-27H,1-2H3/i1D3,2D3. The molecular weight excluding hydrogens is 639 g/mol. The highest BCUT2D eigenvalue weighted by atomic mass is 32.1. The van der Waals surface area contributed by atoms with E-state index in [1.165, 1.54) is 0 Å². The van der Waals surface area contributed by atoms with Crippen molar-refractivity contribution in [3.05, 3.63) is 163 Å². The van der Waals surface area contributed by atoms with E-state index in [0.717, 1.165) is 64.2 Å². The predicted molar refractivity (Wildman–Crippen MR) is 215 cm³/mol. The monoisotopic (exact) mass is 675 g/mol. The summed E-state index contributed by atoms with van der Waals surface area (Å²) in [5, 5.41) is 6.05. The molecule has 0 unspecified atom stereocenters. The largest absolute Gasteiger partial charge is 0.300 e. The Balaban J connectivity index is 1.18. The molecule has 0 bridgehead atoms. The molecule has 0 saturated heterocycles. The fraction of sp³-hybridized carbons (Fsp3) is 0.0638. The number of thiophene rings is 1. The Morgan fingerprint density at radius 1 is 0.588 bits per heavy atom. The van der Waals surface area contributed by atoms with Gasteiger partial charge in [-0.2, -0.15) is 0 Å². The second-order valence-corrected chi connectivity index (χ2v) is 14.3. The molecule has 0 radical (unpaired) electrons. The molecule has 1 aliphatic heterocycles. The van der Waals surface area contributed by atoms with Crippen molar-refractivity contribution in [3.63, 3.8) is 0 Å². The summed E-state index contributed by atoms with van der Waals surface area (Å²) in [7, 11) is 0. The SMILES string of the molecule is [2H]C([2H])([2H])C1(C([2H])([2H])[2H])c2cc(-c3nc(-c4cccc(-c5cccc6ccccc56)c4)c4ccccc4n3)ccc2-n2c3sc4ccccc4c3c3cccc1c32. The van der Waals surface area contributed by atoms with E-state index in [-0.39, 0.29) is 11.1 Å². The van der Waals surface area contributed by atoms with Crippen LogP contribution in [0.25, 0.3) is 92.3 Å². The number of hydrogen-bond acceptors (Lipinski definition) is 3. The van der Waals surface area contributed by atoms with Crippen molar-refractivity contribution >= 4 is 64.2 Å². The summed E-state index contributed by atoms with van der Waals surface area (Å²) < 4.78 is 57.8. The zero-order valence-corrected chi connectivity index (χ0v) is 28.0. The van der Waals surface area contributed by atoms with Crippen LogP contribution in [0.1, 0.15) is 33.1 Å². The summed E-state index contributed by atoms with van der Waals surface area (Å²) in [6.45, 7) is -5.91. The van der Waals surface area contributed by atoms with Crippen molar-refractivity contribution in [1.82, 2.24) is 14.5 Å². The van der Waals surface area contributed by atoms with Gasteiger partial charge in [0, 0.05) is 51.0 Å². The van der Waals surface area contributed by atoms with Gasteiger partial charge in [0.15, 0.2) is 5.82 Å². The maximum absolute atomic E-state index is 9.10. The number of para-hydroxylation sites is 2. The van der Waals surface area contributed by atoms with Gasteiger partial charge in [0.2, 0.25) is 0 Å². The molecule has 3 aromatic heterocycles. The van der Waals surface area contributed by atoms with Crippen LogP contribution in [0.5, 0.6) is 0 Å². The van der Waals surface area contributed by atoms with E-state index in [4.69, 9.17) is 18.2 Å². The van der Waals surface area contributed by atoms with Crippen molar-refractivity contribution in [3.8, 4) is 39.5 Å². The van der Waals surface area contributed by atoms with Gasteiger partial charge in [-0.05, 0) is 69.4 Å². The first-order valence-corrected chi connectivity index (χ1v) is 17.8. The van der Waals surface area contributed by atoms with Crippen LogP contribution in [-0.2, 0) is 5.41 Å². The topological polar surface area (TPSA) is 30.7 Å². The van der Waals surface area contributed by atoms with E-state index >= 15 is 0 Å². The normalized spacial score (nSPS) is 15.7. The van der Waals surface area contributed by atoms with Gasteiger partial charge in [0.1, 0.15) is 4.83 Å². The molecule has 0 amide bonds. The average molecular weight is 676 g/mol. The fourth-order valence-electron chi connectivity index (χ4n) is 8.12. The maximum Gasteiger partial charge on any atom is 0.160 e. The molecule has 11 rings (SSSR count). The van der Waals surface area contributed by atoms with Crippen LogP contribution in [0.3, 0.4) is 0 Å². The Hall–Kier alpha value is -6.10. The molecule has 4 heteroatoms. The van der Waals surface area contributed by atoms with Gasteiger partial charge in [-0.15, -0.1) is 11.3 Å². The van der Waals surface area contributed by atoms with Gasteiger partial charge in [0.05, 0.1) is 22.4 Å². The van der Waals surface area contributed by atoms with Gasteiger partial charge < -0.3 is 4.57 Å². The lowest BCUT2D eigenvalue weighted by Crippen LogP contribution is -2.26. The van der Waals surface area contributed by atoms with Crippen LogP contribution in [0.2, 0.25) is 0 Å². The summed E-state index contributed by atoms with van der Waals surface area (Å²) in [6.07, 6.45) is 0. The maximum atomic E-state index is 9.10. The molecule has 0 spiro atoms. The fourth-order valence-corrected chi connectivity index (χ4v) is 9.36. The van der Waals surface area contributed by atoms with Crippen LogP contribution in [0, 0.1) is 0 Å². The lowest BCUT2D eigenvalue weighted by molar-refractivity contribution is 0.630. The van der Waals surface area contributed by atoms with Crippen molar-refractivity contribution in [2.45, 2.75) is 19.1 Å². The molecule has 3 nitrogen and oxygen atoms in total. The summed E-state index contributed by atoms with van der Waals surface area (Å²) in [4.78, 5) is 11.2. The van der Waals surface area contributed by atoms with E-state index in [9.17, 15) is 0 Å². The Morgan fingerprint density at radius 2 is 1.33 bits per heavy atom. The summed E-state index contributed by atoms with van der Waals surface area (Å²) in [5.41, 5.74) is 4.29. The van der Waals surface area contributed by atoms with Crippen LogP contribution in [0.15, 0.2) is 152 Å². The van der Waals surface area contributed by atoms with Gasteiger partial charge in [-0.3, -0.25) is 0 Å². The third-order valence-electron chi connectivity index (χ3n) is 10.5. The van der Waals surface area contributed by atoms with Crippen LogP contribution >= 0.6 is 11.3 Å². The van der Waals surface area contributed by atoms with Crippen LogP contribution < -0.4 is 0 Å². The smallest absolute Gasteiger partial charge is 0.160 e. The molecule has 0 aliphatic carbocycles. The molecule has 0 fully saturated rings. The first-order chi connectivity index (χ1) is 27.5. The molecule has 7 aromatic carbocycles. The van der Waals surface area contributed by atoms with Gasteiger partial charge in [-0.1, -0.05) is 129 Å². The van der Waals surface area contributed by atoms with Crippen LogP contribution in [0.4, 0.5) is 0 Å². The number of rotatable bonds is 3. The highest BCUT2D eigenvalue weighted by Gasteiger charge is 2.36. The van der Waals surface area contributed by atoms with E-state index in [1.807, 2.05) is 78.9 Å². The number of benzene rings is 7. The highest BCUT2D eigenvalue weighted by molar-refractivity contribution is 7.25. The van der Waals surface area contributed by atoms with E-state index in [0.29, 0.717) is 28.1 Å². The van der Waals surface area contributed by atoms with Gasteiger partial charge in [-0.25, -0.2) is 9.97 Å². The third kappa shape index (κ3) is 4.05. The minimum absolute atomic E-state index is 0.200. The molecule has 240 valence electrons. The first kappa shape index (κ1) is 23.3. The zero-order valence-electron chi connectivity index (χ0n) is 33.2. The number of hydrogen-bond donors (Lipinski definition) is 0. The predicted octanol–water partition coefficient (Wildman–Crippen LogP) is 12.7. The second-order valence-electron chi connectivity index (χ2n) is 13.3. The van der Waals surface area contributed by atoms with Gasteiger partial charge in [0.25, 0.3) is 0 Å². The Morgan fingerprint density at radius 3 is 2.25 bits per heavy atom. The quantitative estimate of drug-likeness (QED) is 0.187. The summed E-state index contributed by atoms with van der Waals surface area (Å²) in [6, 6.07) is 49.9. The number of fused-ring (bicyclic) bond motifs is 9. The van der Waals surface area contributed by atoms with Crippen molar-refractivity contribution < 1.29 is 8.22 Å². The minimum atomic E-state index is -2.96. The van der Waals surface area contributed by atoms with Crippen molar-refractivity contribution in [2.75, 3.05) is 0 Å². The molecule has 51 heavy (non-hydrogen) atoms. The number of aromatic nitrogens is 3. The summed E-state index contributed by atoms with van der Waals surface area (Å²) >= 11 is 1.62. The van der Waals surface area contributed by atoms with Crippen LogP contribution in [-0.4, -0.2) is 14.5 Å². The molecule has 0 atom stereocenters. The highest BCUT2D eigenvalue weighted by Crippen LogP contribution is 2.51. The Bertz CT molecular complexity index is 3280. The zero-order chi connectivity index (χ0) is 38.8. The number of nitrogens with zero attached hydrogens (tertiary/aromatic N) is 3. The van der Waals surface area contributed by atoms with E-state index in [2.05, 4.69) is 59.2 Å². The molecular formula is C47H31N3S. The second kappa shape index (κ2) is 10.5. The molecule has 10 aromatic rings. The molecule has 0 N–H and O–H groups in total. The lowest BCUT2D eigenvalue weighted by Gasteiger charge is -2.35. The molecule has 1 aliphatic rings. The molecule has 4 heterocycles. The summed E-state index contributed by atoms with van der Waals surface area (Å²) in [5.74, 6) is 0.371. The lowest BCUT2D eigenvalue weighted by atomic mass is 9.74. The third-order valence-corrected chi connectivity index (χ3v) is 11.6. The molecule has 0 saturated carbocycles. The van der Waals surface area contributed by atoms with Crippen molar-refractivity contribution in [1.29, 1.82) is 0 Å². The Labute approximate surface area is 307 Å². The van der Waals surface area contributed by atoms with Gasteiger partial charge >= 0.3 is 0 Å².